The van der Waals surface area contributed by atoms with E-state index in [9.17, 15) is 14.4 Å². The molecule has 0 heterocycles. The Balaban J connectivity index is 3.20. The maximum absolute atomic E-state index is 11.5. The van der Waals surface area contributed by atoms with Crippen molar-refractivity contribution in [3.05, 3.63) is 12.1 Å². The minimum Gasteiger partial charge on any atom is -0.495 e. The van der Waals surface area contributed by atoms with E-state index in [-0.39, 0.29) is 43.8 Å². The van der Waals surface area contributed by atoms with E-state index in [4.69, 9.17) is 10.5 Å². The highest BCUT2D eigenvalue weighted by molar-refractivity contribution is 5.94. The molecule has 0 aliphatic carbocycles. The van der Waals surface area contributed by atoms with Crippen molar-refractivity contribution in [1.29, 1.82) is 0 Å². The lowest BCUT2D eigenvalue weighted by atomic mass is 10.1. The number of rotatable bonds is 9. The molecule has 1 aromatic rings. The fourth-order valence-electron chi connectivity index (χ4n) is 2.30. The number of esters is 2. The minimum atomic E-state index is -0.385. The first-order chi connectivity index (χ1) is 12.3. The molecule has 0 atom stereocenters. The summed E-state index contributed by atoms with van der Waals surface area (Å²) in [5, 5.41) is 2.64. The lowest BCUT2D eigenvalue weighted by molar-refractivity contribution is -0.140. The maximum atomic E-state index is 11.5. The molecule has 0 saturated heterocycles. The molecule has 0 unspecified atom stereocenters. The summed E-state index contributed by atoms with van der Waals surface area (Å²) in [6, 6.07) is 3.22. The van der Waals surface area contributed by atoms with Crippen LogP contribution in [0.3, 0.4) is 0 Å². The van der Waals surface area contributed by atoms with Gasteiger partial charge in [0.15, 0.2) is 0 Å². The van der Waals surface area contributed by atoms with Gasteiger partial charge in [0.25, 0.3) is 0 Å². The smallest absolute Gasteiger partial charge is 0.307 e. The third-order valence-electron chi connectivity index (χ3n) is 3.63. The van der Waals surface area contributed by atoms with Gasteiger partial charge in [0.1, 0.15) is 5.75 Å². The van der Waals surface area contributed by atoms with Crippen LogP contribution in [-0.2, 0) is 23.9 Å². The molecule has 144 valence electrons. The number of carbonyl (C=O) groups excluding carboxylic acids is 3. The van der Waals surface area contributed by atoms with E-state index in [0.717, 1.165) is 0 Å². The number of hydrogen-bond acceptors (Lipinski definition) is 8. The Morgan fingerprint density at radius 1 is 1.04 bits per heavy atom. The highest BCUT2D eigenvalue weighted by Gasteiger charge is 2.18. The Morgan fingerprint density at radius 2 is 1.58 bits per heavy atom. The van der Waals surface area contributed by atoms with Gasteiger partial charge in [-0.05, 0) is 6.07 Å². The lowest BCUT2D eigenvalue weighted by Gasteiger charge is -2.27. The zero-order valence-corrected chi connectivity index (χ0v) is 15.5. The second-order valence-corrected chi connectivity index (χ2v) is 5.43. The van der Waals surface area contributed by atoms with Crippen LogP contribution in [0.4, 0.5) is 17.1 Å². The first-order valence-electron chi connectivity index (χ1n) is 7.96. The number of nitrogen functional groups attached to an aromatic ring is 1. The number of benzene rings is 1. The number of carbonyl (C=O) groups is 3. The number of nitrogens with one attached hydrogen (secondary N) is 1. The van der Waals surface area contributed by atoms with Crippen molar-refractivity contribution < 1.29 is 28.6 Å². The Hall–Kier alpha value is -2.97. The van der Waals surface area contributed by atoms with Crippen LogP contribution in [0.1, 0.15) is 19.8 Å². The predicted octanol–water partition coefficient (Wildman–Crippen LogP) is 1.17. The summed E-state index contributed by atoms with van der Waals surface area (Å²) < 4.78 is 14.7. The van der Waals surface area contributed by atoms with Crippen molar-refractivity contribution in [2.75, 3.05) is 50.4 Å². The first-order valence-corrected chi connectivity index (χ1v) is 7.96. The van der Waals surface area contributed by atoms with Gasteiger partial charge in [0, 0.05) is 26.1 Å². The molecule has 0 spiro atoms. The average molecular weight is 367 g/mol. The molecular formula is C17H25N3O6. The molecule has 0 fully saturated rings. The summed E-state index contributed by atoms with van der Waals surface area (Å²) in [5.74, 6) is -0.594. The maximum Gasteiger partial charge on any atom is 0.307 e. The number of amides is 1. The summed E-state index contributed by atoms with van der Waals surface area (Å²) in [7, 11) is 4.09. The number of nitrogens with zero attached hydrogens (tertiary/aromatic N) is 1. The zero-order chi connectivity index (χ0) is 19.7. The molecular weight excluding hydrogens is 342 g/mol. The molecule has 0 saturated carbocycles. The molecule has 9 heteroatoms. The van der Waals surface area contributed by atoms with E-state index in [1.54, 1.807) is 17.0 Å². The van der Waals surface area contributed by atoms with Crippen molar-refractivity contribution in [3.63, 3.8) is 0 Å². The molecule has 26 heavy (non-hydrogen) atoms. The molecule has 3 N–H and O–H groups in total. The lowest BCUT2D eigenvalue weighted by Crippen LogP contribution is -2.30. The molecule has 0 radical (unpaired) electrons. The van der Waals surface area contributed by atoms with Crippen LogP contribution in [-0.4, -0.2) is 52.3 Å². The number of methoxy groups -OCH3 is 3. The Morgan fingerprint density at radius 3 is 2.00 bits per heavy atom. The number of anilines is 3. The van der Waals surface area contributed by atoms with E-state index in [1.165, 1.54) is 28.3 Å². The summed E-state index contributed by atoms with van der Waals surface area (Å²) in [6.45, 7) is 1.93. The molecule has 0 bridgehead atoms. The summed E-state index contributed by atoms with van der Waals surface area (Å²) in [4.78, 5) is 36.2. The SMILES string of the molecule is COC(=O)CCN(CCC(=O)OC)c1cc(NC(C)=O)c(N)cc1OC. The first kappa shape index (κ1) is 21.1. The number of hydrogen-bond donors (Lipinski definition) is 2. The largest absolute Gasteiger partial charge is 0.495 e. The normalized spacial score (nSPS) is 10.0. The summed E-state index contributed by atoms with van der Waals surface area (Å²) in [6.07, 6.45) is 0.224. The van der Waals surface area contributed by atoms with Crippen LogP contribution < -0.4 is 20.7 Å². The topological polar surface area (TPSA) is 120 Å². The standard InChI is InChI=1S/C17H25N3O6/c1-11(21)19-13-10-14(15(24-2)9-12(13)18)20(7-5-16(22)25-3)8-6-17(23)26-4/h9-10H,5-8,18H2,1-4H3,(H,19,21). The van der Waals surface area contributed by atoms with E-state index in [1.807, 2.05) is 0 Å². The molecule has 0 aromatic heterocycles. The summed E-state index contributed by atoms with van der Waals surface area (Å²) >= 11 is 0. The third kappa shape index (κ3) is 6.15. The Labute approximate surface area is 152 Å². The van der Waals surface area contributed by atoms with Crippen LogP contribution in [0.25, 0.3) is 0 Å². The quantitative estimate of drug-likeness (QED) is 0.493. The van der Waals surface area contributed by atoms with Crippen LogP contribution in [0.5, 0.6) is 5.75 Å². The molecule has 0 aliphatic rings. The molecule has 9 nitrogen and oxygen atoms in total. The van der Waals surface area contributed by atoms with Crippen LogP contribution >= 0.6 is 0 Å². The van der Waals surface area contributed by atoms with Gasteiger partial charge in [-0.2, -0.15) is 0 Å². The number of ether oxygens (including phenoxy) is 3. The minimum absolute atomic E-state index is 0.112. The predicted molar refractivity (Wildman–Crippen MR) is 97.2 cm³/mol. The second-order valence-electron chi connectivity index (χ2n) is 5.43. The van der Waals surface area contributed by atoms with E-state index in [0.29, 0.717) is 22.8 Å². The van der Waals surface area contributed by atoms with Crippen molar-refractivity contribution in [1.82, 2.24) is 0 Å². The van der Waals surface area contributed by atoms with Crippen LogP contribution in [0.15, 0.2) is 12.1 Å². The van der Waals surface area contributed by atoms with Gasteiger partial charge in [-0.25, -0.2) is 0 Å². The van der Waals surface area contributed by atoms with Gasteiger partial charge in [-0.3, -0.25) is 14.4 Å². The Bertz CT molecular complexity index is 642. The summed E-state index contributed by atoms with van der Waals surface area (Å²) in [5.41, 5.74) is 7.27. The van der Waals surface area contributed by atoms with Crippen molar-refractivity contribution in [3.8, 4) is 5.75 Å². The van der Waals surface area contributed by atoms with Gasteiger partial charge in [-0.1, -0.05) is 0 Å². The van der Waals surface area contributed by atoms with E-state index < -0.39 is 0 Å². The van der Waals surface area contributed by atoms with Crippen molar-refractivity contribution >= 4 is 34.9 Å². The molecule has 0 aliphatic heterocycles. The van der Waals surface area contributed by atoms with E-state index in [2.05, 4.69) is 14.8 Å². The van der Waals surface area contributed by atoms with Gasteiger partial charge in [0.05, 0.1) is 51.2 Å². The molecule has 1 amide bonds. The van der Waals surface area contributed by atoms with Crippen LogP contribution in [0.2, 0.25) is 0 Å². The fourth-order valence-corrected chi connectivity index (χ4v) is 2.30. The number of nitrogens with two attached hydrogens (primary N) is 1. The molecule has 1 rings (SSSR count). The fraction of sp³-hybridized carbons (Fsp3) is 0.471. The van der Waals surface area contributed by atoms with Crippen molar-refractivity contribution in [2.45, 2.75) is 19.8 Å². The average Bonchev–Trinajstić information content (AvgIpc) is 2.62. The Kier molecular flexibility index (Phi) is 8.20. The van der Waals surface area contributed by atoms with Crippen molar-refractivity contribution in [2.24, 2.45) is 0 Å². The highest BCUT2D eigenvalue weighted by atomic mass is 16.5. The monoisotopic (exact) mass is 367 g/mol. The van der Waals surface area contributed by atoms with Gasteiger partial charge >= 0.3 is 11.9 Å². The third-order valence-corrected chi connectivity index (χ3v) is 3.63. The van der Waals surface area contributed by atoms with Crippen LogP contribution in [0, 0.1) is 0 Å². The second kappa shape index (κ2) is 10.1. The zero-order valence-electron chi connectivity index (χ0n) is 15.5. The van der Waals surface area contributed by atoms with Gasteiger partial charge in [0.2, 0.25) is 5.91 Å². The van der Waals surface area contributed by atoms with Gasteiger partial charge in [-0.15, -0.1) is 0 Å². The van der Waals surface area contributed by atoms with E-state index >= 15 is 0 Å². The highest BCUT2D eigenvalue weighted by Crippen LogP contribution is 2.36. The molecule has 1 aromatic carbocycles. The van der Waals surface area contributed by atoms with Gasteiger partial charge < -0.3 is 30.2 Å².